The summed E-state index contributed by atoms with van der Waals surface area (Å²) in [6.45, 7) is 15.2. The lowest BCUT2D eigenvalue weighted by molar-refractivity contribution is -0.119. The number of nitrogens with one attached hydrogen (secondary N) is 2. The molecule has 63 heavy (non-hydrogen) atoms. The number of anilines is 1. The second-order valence-electron chi connectivity index (χ2n) is 16.4. The number of pyridine rings is 1. The first-order valence-corrected chi connectivity index (χ1v) is 22.6. The summed E-state index contributed by atoms with van der Waals surface area (Å²) < 4.78 is 20.5. The smallest absolute Gasteiger partial charge is 0.274 e. The van der Waals surface area contributed by atoms with Crippen molar-refractivity contribution in [3.63, 3.8) is 0 Å². The predicted molar refractivity (Wildman–Crippen MR) is 240 cm³/mol. The highest BCUT2D eigenvalue weighted by molar-refractivity contribution is 9.10. The number of morpholine rings is 1. The van der Waals surface area contributed by atoms with Crippen LogP contribution in [0.15, 0.2) is 64.0 Å². The molecular formula is C45H56BrFN10O6. The number of likely N-dealkylation sites (tertiary alicyclic amines) is 1. The first kappa shape index (κ1) is 45.9. The van der Waals surface area contributed by atoms with Gasteiger partial charge >= 0.3 is 0 Å². The first-order chi connectivity index (χ1) is 30.6. The molecule has 336 valence electrons. The number of carbonyl (C=O) groups is 4. The van der Waals surface area contributed by atoms with Crippen LogP contribution < -0.4 is 10.9 Å². The van der Waals surface area contributed by atoms with Crippen molar-refractivity contribution in [2.24, 2.45) is 5.92 Å². The molecule has 8 rings (SSSR count). The minimum absolute atomic E-state index is 0.00390. The molecule has 0 saturated carbocycles. The van der Waals surface area contributed by atoms with Crippen LogP contribution >= 0.6 is 15.9 Å². The molecule has 2 N–H and O–H groups in total. The molecule has 4 aliphatic heterocycles. The van der Waals surface area contributed by atoms with E-state index in [9.17, 15) is 28.4 Å². The number of piperazine rings is 2. The number of rotatable bonds is 11. The van der Waals surface area contributed by atoms with Crippen LogP contribution in [0.5, 0.6) is 0 Å². The normalized spacial score (nSPS) is 18.2. The standard InChI is InChI=1S/C24H37BrN6O3.C21H19FN4O3/c1-2-28-7-9-29(10-8-28)17-19-3-5-31(6-4-19)24(33)23-21(15-20(25)16-26-23)27-22(32)18-30-11-13-34-14-12-30;22-18-6-5-14(11-17(18)21(29)26-9-7-25(13-27)8-10-26)12-19-15-3-1-2-4-16(15)20(28)24-23-19/h15-16,19H,2-14,17-18H2,1H3,(H,27,32);1-6,11,13H,7-10,12H2,(H,24,28). The molecule has 0 aliphatic carbocycles. The van der Waals surface area contributed by atoms with Gasteiger partial charge in [0.25, 0.3) is 17.4 Å². The fourth-order valence-corrected chi connectivity index (χ4v) is 8.86. The number of fused-ring (bicyclic) bond motifs is 1. The highest BCUT2D eigenvalue weighted by Crippen LogP contribution is 2.25. The van der Waals surface area contributed by atoms with Crippen LogP contribution in [0.1, 0.15) is 51.9 Å². The lowest BCUT2D eigenvalue weighted by Gasteiger charge is -2.38. The van der Waals surface area contributed by atoms with E-state index in [4.69, 9.17) is 4.74 Å². The molecule has 0 bridgehead atoms. The predicted octanol–water partition coefficient (Wildman–Crippen LogP) is 3.17. The topological polar surface area (TPSA) is 168 Å². The molecule has 18 heteroatoms. The molecule has 16 nitrogen and oxygen atoms in total. The fourth-order valence-electron chi connectivity index (χ4n) is 8.53. The Bertz CT molecular complexity index is 2290. The number of ether oxygens (including phenoxy) is 1. The van der Waals surface area contributed by atoms with Crippen LogP contribution in [0, 0.1) is 11.7 Å². The summed E-state index contributed by atoms with van der Waals surface area (Å²) in [6, 6.07) is 13.3. The summed E-state index contributed by atoms with van der Waals surface area (Å²) in [5.74, 6) is -0.602. The average molecular weight is 932 g/mol. The Kier molecular flexibility index (Phi) is 16.0. The van der Waals surface area contributed by atoms with Crippen molar-refractivity contribution in [1.29, 1.82) is 0 Å². The maximum absolute atomic E-state index is 14.4. The molecule has 6 heterocycles. The van der Waals surface area contributed by atoms with Gasteiger partial charge in [0.2, 0.25) is 12.3 Å². The van der Waals surface area contributed by atoms with Gasteiger partial charge in [-0.25, -0.2) is 14.5 Å². The number of halogens is 2. The monoisotopic (exact) mass is 930 g/mol. The van der Waals surface area contributed by atoms with Gasteiger partial charge in [0.1, 0.15) is 5.82 Å². The Morgan fingerprint density at radius 1 is 0.857 bits per heavy atom. The summed E-state index contributed by atoms with van der Waals surface area (Å²) in [4.78, 5) is 78.1. The molecule has 4 aliphatic rings. The number of benzene rings is 2. The Labute approximate surface area is 374 Å². The van der Waals surface area contributed by atoms with Crippen molar-refractivity contribution in [3.05, 3.63) is 97.9 Å². The van der Waals surface area contributed by atoms with Crippen LogP contribution in [0.2, 0.25) is 0 Å². The highest BCUT2D eigenvalue weighted by atomic mass is 79.9. The molecule has 0 unspecified atom stereocenters. The lowest BCUT2D eigenvalue weighted by atomic mass is 9.95. The molecule has 4 fully saturated rings. The van der Waals surface area contributed by atoms with Crippen molar-refractivity contribution in [1.82, 2.24) is 44.6 Å². The maximum atomic E-state index is 14.4. The Hall–Kier alpha value is -5.14. The average Bonchev–Trinajstić information content (AvgIpc) is 3.31. The molecule has 4 amide bonds. The fraction of sp³-hybridized carbons (Fsp3) is 0.489. The summed E-state index contributed by atoms with van der Waals surface area (Å²) in [5.41, 5.74) is 1.86. The Morgan fingerprint density at radius 2 is 1.54 bits per heavy atom. The molecule has 2 aromatic heterocycles. The third-order valence-electron chi connectivity index (χ3n) is 12.3. The summed E-state index contributed by atoms with van der Waals surface area (Å²) >= 11 is 3.42. The van der Waals surface area contributed by atoms with Crippen molar-refractivity contribution < 1.29 is 28.3 Å². The van der Waals surface area contributed by atoms with Crippen LogP contribution in [0.3, 0.4) is 0 Å². The van der Waals surface area contributed by atoms with Gasteiger partial charge in [-0.05, 0) is 71.1 Å². The number of piperidine rings is 1. The number of hydrogen-bond acceptors (Lipinski definition) is 11. The zero-order chi connectivity index (χ0) is 44.3. The van der Waals surface area contributed by atoms with E-state index >= 15 is 0 Å². The van der Waals surface area contributed by atoms with E-state index in [2.05, 4.69) is 58.1 Å². The minimum atomic E-state index is -0.587. The number of aromatic nitrogens is 3. The van der Waals surface area contributed by atoms with Crippen molar-refractivity contribution in [2.75, 3.05) is 117 Å². The molecule has 0 spiro atoms. The number of nitrogens with zero attached hydrogens (tertiary/aromatic N) is 8. The van der Waals surface area contributed by atoms with E-state index in [-0.39, 0.29) is 29.5 Å². The van der Waals surface area contributed by atoms with Gasteiger partial charge in [-0.1, -0.05) is 31.2 Å². The zero-order valence-electron chi connectivity index (χ0n) is 35.8. The maximum Gasteiger partial charge on any atom is 0.274 e. The van der Waals surface area contributed by atoms with E-state index in [1.54, 1.807) is 40.3 Å². The molecule has 0 radical (unpaired) electrons. The summed E-state index contributed by atoms with van der Waals surface area (Å²) in [6.07, 6.45) is 4.73. The summed E-state index contributed by atoms with van der Waals surface area (Å²) in [7, 11) is 0. The van der Waals surface area contributed by atoms with E-state index in [1.165, 1.54) is 12.1 Å². The molecule has 4 aromatic rings. The second kappa shape index (κ2) is 22.0. The van der Waals surface area contributed by atoms with E-state index in [0.29, 0.717) is 79.8 Å². The van der Waals surface area contributed by atoms with E-state index in [0.717, 1.165) is 94.6 Å². The zero-order valence-corrected chi connectivity index (χ0v) is 37.4. The number of hydrogen-bond donors (Lipinski definition) is 2. The van der Waals surface area contributed by atoms with Gasteiger partial charge in [-0.15, -0.1) is 0 Å². The van der Waals surface area contributed by atoms with Crippen molar-refractivity contribution in [2.45, 2.75) is 26.2 Å². The number of carbonyl (C=O) groups excluding carboxylic acids is 4. The molecule has 4 saturated heterocycles. The highest BCUT2D eigenvalue weighted by Gasteiger charge is 2.29. The molecule has 2 aromatic carbocycles. The largest absolute Gasteiger partial charge is 0.379 e. The van der Waals surface area contributed by atoms with Gasteiger partial charge in [0.05, 0.1) is 42.1 Å². The quantitative estimate of drug-likeness (QED) is 0.212. The first-order valence-electron chi connectivity index (χ1n) is 21.8. The van der Waals surface area contributed by atoms with Crippen LogP contribution in [0.25, 0.3) is 10.8 Å². The number of likely N-dealkylation sites (N-methyl/N-ethyl adjacent to an activating group) is 1. The van der Waals surface area contributed by atoms with Crippen LogP contribution in [-0.2, 0) is 20.7 Å². The second-order valence-corrected chi connectivity index (χ2v) is 17.3. The third-order valence-corrected chi connectivity index (χ3v) is 12.7. The Balaban J connectivity index is 0.000000191. The van der Waals surface area contributed by atoms with Crippen molar-refractivity contribution >= 4 is 56.5 Å². The van der Waals surface area contributed by atoms with E-state index in [1.807, 2.05) is 17.0 Å². The minimum Gasteiger partial charge on any atom is -0.379 e. The third kappa shape index (κ3) is 12.1. The number of amides is 4. The van der Waals surface area contributed by atoms with Crippen molar-refractivity contribution in [3.8, 4) is 0 Å². The number of aromatic amines is 1. The summed E-state index contributed by atoms with van der Waals surface area (Å²) in [5, 5.41) is 10.8. The van der Waals surface area contributed by atoms with Gasteiger partial charge in [-0.3, -0.25) is 28.9 Å². The van der Waals surface area contributed by atoms with Gasteiger partial charge in [0.15, 0.2) is 5.69 Å². The van der Waals surface area contributed by atoms with Crippen LogP contribution in [-0.4, -0.2) is 180 Å². The Morgan fingerprint density at radius 3 is 2.24 bits per heavy atom. The van der Waals surface area contributed by atoms with Gasteiger partial charge in [0, 0.05) is 108 Å². The van der Waals surface area contributed by atoms with Gasteiger partial charge < -0.3 is 34.6 Å². The number of H-pyrrole nitrogens is 1. The van der Waals surface area contributed by atoms with E-state index < -0.39 is 11.7 Å². The van der Waals surface area contributed by atoms with Gasteiger partial charge in [-0.2, -0.15) is 5.10 Å². The SMILES string of the molecule is CCN1CCN(CC2CCN(C(=O)c3ncc(Br)cc3NC(=O)CN3CCOCC3)CC2)CC1.O=CN1CCN(C(=O)c2cc(Cc3n[nH]c(=O)c4ccccc34)ccc2F)CC1. The lowest BCUT2D eigenvalue weighted by Crippen LogP contribution is -2.49. The molecule has 0 atom stereocenters. The molecular weight excluding hydrogens is 875 g/mol. The van der Waals surface area contributed by atoms with Crippen LogP contribution in [0.4, 0.5) is 10.1 Å².